The number of rotatable bonds is 0. The highest BCUT2D eigenvalue weighted by Crippen LogP contribution is 1.96. The van der Waals surface area contributed by atoms with E-state index < -0.39 is 0 Å². The molecule has 4 aliphatic heterocycles. The molecule has 4 rings (SSSR count). The number of hydrogen-bond acceptors (Lipinski definition) is 8. The lowest BCUT2D eigenvalue weighted by Crippen LogP contribution is -2.18. The van der Waals surface area contributed by atoms with Gasteiger partial charge in [0.1, 0.15) is 0 Å². The molecule has 0 bridgehead atoms. The van der Waals surface area contributed by atoms with Crippen LogP contribution in [0, 0.1) is 0 Å². The quantitative estimate of drug-likeness (QED) is 0.550. The van der Waals surface area contributed by atoms with Crippen molar-refractivity contribution in [3.05, 3.63) is 0 Å². The molecule has 0 unspecified atom stereocenters. The summed E-state index contributed by atoms with van der Waals surface area (Å²) in [6, 6.07) is 0. The van der Waals surface area contributed by atoms with Gasteiger partial charge in [0.15, 0.2) is 0 Å². The zero-order valence-corrected chi connectivity index (χ0v) is 18.2. The minimum atomic E-state index is 0. The molecule has 8 heteroatoms. The molecule has 2 N–H and O–H groups in total. The normalized spacial score (nSPS) is 26.1. The first-order valence-electron chi connectivity index (χ1n) is 9.89. The van der Waals surface area contributed by atoms with Crippen LogP contribution in [-0.4, -0.2) is 151 Å². The average molecular weight is 375 g/mol. The molecule has 0 aromatic rings. The maximum absolute atomic E-state index is 3.20. The summed E-state index contributed by atoms with van der Waals surface area (Å²) in [6.45, 7) is 14.1. The molecule has 26 heavy (non-hydrogen) atoms. The van der Waals surface area contributed by atoms with E-state index in [2.05, 4.69) is 82.3 Å². The largest absolute Gasteiger partial charge is 1.00 e. The van der Waals surface area contributed by atoms with Crippen molar-refractivity contribution in [2.24, 2.45) is 0 Å². The number of likely N-dealkylation sites (N-methyl/N-ethyl adjacent to an activating group) is 6. The Labute approximate surface area is 165 Å². The number of nitrogens with one attached hydrogen (secondary N) is 2. The molecule has 0 radical (unpaired) electrons. The third-order valence-corrected chi connectivity index (χ3v) is 4.80. The van der Waals surface area contributed by atoms with Crippen LogP contribution in [0.2, 0.25) is 0 Å². The lowest BCUT2D eigenvalue weighted by Gasteiger charge is -2.06. The first kappa shape index (κ1) is 23.7. The van der Waals surface area contributed by atoms with E-state index >= 15 is 0 Å². The zero-order chi connectivity index (χ0) is 19.4. The summed E-state index contributed by atoms with van der Waals surface area (Å²) in [5.74, 6) is 0. The molecule has 0 amide bonds. The van der Waals surface area contributed by atoms with Gasteiger partial charge in [0, 0.05) is 65.7 Å². The molecule has 8 nitrogen and oxygen atoms in total. The van der Waals surface area contributed by atoms with Crippen LogP contribution in [0.15, 0.2) is 0 Å². The van der Waals surface area contributed by atoms with E-state index in [9.17, 15) is 0 Å². The van der Waals surface area contributed by atoms with Gasteiger partial charge in [-0.15, -0.1) is 0 Å². The molecule has 4 fully saturated rings. The van der Waals surface area contributed by atoms with E-state index in [1.165, 1.54) is 39.3 Å². The summed E-state index contributed by atoms with van der Waals surface area (Å²) in [7, 11) is 12.8. The van der Waals surface area contributed by atoms with Crippen LogP contribution in [0.4, 0.5) is 0 Å². The van der Waals surface area contributed by atoms with Gasteiger partial charge in [-0.25, -0.2) is 0 Å². The Morgan fingerprint density at radius 3 is 0.846 bits per heavy atom. The predicted octanol–water partition coefficient (Wildman–Crippen LogP) is -1.17. The third-order valence-electron chi connectivity index (χ3n) is 4.80. The fraction of sp³-hybridized carbons (Fsp3) is 1.00. The highest BCUT2D eigenvalue weighted by atomic mass is 15.3. The standard InChI is InChI=1S/2C5H12N2.2C4H10N2.2H/c2*1-6-3-4-7(2)5-6;2*1-6-3-2-5-4-6;;/h2*3-5H2,1-2H3;2*5H,2-4H2,1H3;;/q;;;;2*-1. The Kier molecular flexibility index (Phi) is 12.6. The maximum atomic E-state index is 3.20. The molecule has 4 aliphatic rings. The van der Waals surface area contributed by atoms with Crippen molar-refractivity contribution >= 4 is 0 Å². The summed E-state index contributed by atoms with van der Waals surface area (Å²) in [6.07, 6.45) is 0. The first-order valence-corrected chi connectivity index (χ1v) is 9.89. The van der Waals surface area contributed by atoms with E-state index in [-0.39, 0.29) is 2.85 Å². The number of hydrogen-bond donors (Lipinski definition) is 2. The fourth-order valence-corrected chi connectivity index (χ4v) is 3.03. The monoisotopic (exact) mass is 374 g/mol. The molecule has 160 valence electrons. The summed E-state index contributed by atoms with van der Waals surface area (Å²) in [4.78, 5) is 13.7. The van der Waals surface area contributed by atoms with E-state index in [0.717, 1.165) is 39.8 Å². The van der Waals surface area contributed by atoms with Crippen LogP contribution in [0.5, 0.6) is 0 Å². The van der Waals surface area contributed by atoms with Crippen LogP contribution in [0.1, 0.15) is 2.85 Å². The van der Waals surface area contributed by atoms with Gasteiger partial charge >= 0.3 is 0 Å². The van der Waals surface area contributed by atoms with Gasteiger partial charge in [-0.2, -0.15) is 0 Å². The van der Waals surface area contributed by atoms with Gasteiger partial charge in [-0.05, 0) is 42.3 Å². The van der Waals surface area contributed by atoms with E-state index in [1.54, 1.807) is 0 Å². The van der Waals surface area contributed by atoms with Crippen LogP contribution < -0.4 is 10.6 Å². The molecule has 4 saturated heterocycles. The van der Waals surface area contributed by atoms with Crippen LogP contribution in [0.25, 0.3) is 0 Å². The molecule has 4 heterocycles. The fourth-order valence-electron chi connectivity index (χ4n) is 3.03. The Bertz CT molecular complexity index is 294. The summed E-state index contributed by atoms with van der Waals surface area (Å²) in [5.41, 5.74) is 0. The van der Waals surface area contributed by atoms with Crippen molar-refractivity contribution < 1.29 is 2.85 Å². The molecule has 0 spiro atoms. The predicted molar refractivity (Wildman–Crippen MR) is 113 cm³/mol. The average Bonchev–Trinajstić information content (AvgIpc) is 3.36. The molecule has 0 aromatic heterocycles. The Hall–Kier alpha value is -0.320. The summed E-state index contributed by atoms with van der Waals surface area (Å²) >= 11 is 0. The van der Waals surface area contributed by atoms with Crippen molar-refractivity contribution in [2.75, 3.05) is 121 Å². The van der Waals surface area contributed by atoms with Gasteiger partial charge in [-0.3, -0.25) is 29.4 Å². The van der Waals surface area contributed by atoms with Gasteiger partial charge in [0.25, 0.3) is 0 Å². The molecular weight excluding hydrogens is 328 g/mol. The first-order chi connectivity index (χ1) is 12.4. The molecule has 0 saturated carbocycles. The van der Waals surface area contributed by atoms with E-state index in [4.69, 9.17) is 0 Å². The second kappa shape index (κ2) is 13.8. The van der Waals surface area contributed by atoms with Crippen molar-refractivity contribution in [2.45, 2.75) is 0 Å². The van der Waals surface area contributed by atoms with E-state index in [0.29, 0.717) is 0 Å². The second-order valence-electron chi connectivity index (χ2n) is 8.08. The summed E-state index contributed by atoms with van der Waals surface area (Å²) < 4.78 is 0. The van der Waals surface area contributed by atoms with Crippen LogP contribution in [0.3, 0.4) is 0 Å². The van der Waals surface area contributed by atoms with Gasteiger partial charge in [-0.1, -0.05) is 0 Å². The van der Waals surface area contributed by atoms with Crippen molar-refractivity contribution in [1.29, 1.82) is 0 Å². The molecule has 0 aliphatic carbocycles. The summed E-state index contributed by atoms with van der Waals surface area (Å²) in [5, 5.41) is 6.40. The van der Waals surface area contributed by atoms with Gasteiger partial charge < -0.3 is 13.5 Å². The minimum absolute atomic E-state index is 0. The topological polar surface area (TPSA) is 43.5 Å². The lowest BCUT2D eigenvalue weighted by molar-refractivity contribution is 0.318. The van der Waals surface area contributed by atoms with Crippen molar-refractivity contribution in [3.8, 4) is 0 Å². The Morgan fingerprint density at radius 1 is 0.462 bits per heavy atom. The highest BCUT2D eigenvalue weighted by Gasteiger charge is 2.10. The van der Waals surface area contributed by atoms with Gasteiger partial charge in [0.05, 0.1) is 13.3 Å². The highest BCUT2D eigenvalue weighted by molar-refractivity contribution is 4.63. The Morgan fingerprint density at radius 2 is 0.769 bits per heavy atom. The SMILES string of the molecule is CN1CCN(C)C1.CN1CCN(C)C1.CN1CCNC1.CN1CCNC1.[H-].[H-]. The molecular formula is C18H46N8-2. The van der Waals surface area contributed by atoms with Crippen LogP contribution in [-0.2, 0) is 0 Å². The minimum Gasteiger partial charge on any atom is -1.00 e. The van der Waals surface area contributed by atoms with Crippen molar-refractivity contribution in [1.82, 2.24) is 40.0 Å². The second-order valence-corrected chi connectivity index (χ2v) is 8.08. The van der Waals surface area contributed by atoms with Crippen molar-refractivity contribution in [3.63, 3.8) is 0 Å². The lowest BCUT2D eigenvalue weighted by atomic mass is 10.6. The van der Waals surface area contributed by atoms with Gasteiger partial charge in [0.2, 0.25) is 0 Å². The molecule has 0 atom stereocenters. The van der Waals surface area contributed by atoms with Crippen LogP contribution >= 0.6 is 0 Å². The number of nitrogens with zero attached hydrogens (tertiary/aromatic N) is 6. The Balaban J connectivity index is 0. The maximum Gasteiger partial charge on any atom is 0.0501 e. The van der Waals surface area contributed by atoms with E-state index in [1.807, 2.05) is 0 Å². The third kappa shape index (κ3) is 12.1. The molecule has 0 aromatic carbocycles. The smallest absolute Gasteiger partial charge is 0.0501 e. The zero-order valence-electron chi connectivity index (χ0n) is 20.2.